The van der Waals surface area contributed by atoms with E-state index in [1.54, 1.807) is 6.07 Å². The van der Waals surface area contributed by atoms with Gasteiger partial charge in [0.05, 0.1) is 0 Å². The van der Waals surface area contributed by atoms with Gasteiger partial charge in [-0.15, -0.1) is 0 Å². The molecule has 14 heavy (non-hydrogen) atoms. The highest BCUT2D eigenvalue weighted by Crippen LogP contribution is 2.34. The summed E-state index contributed by atoms with van der Waals surface area (Å²) in [6.45, 7) is 0. The number of rotatable bonds is 1. The van der Waals surface area contributed by atoms with Crippen LogP contribution in [0.5, 0.6) is 0 Å². The van der Waals surface area contributed by atoms with E-state index in [4.69, 9.17) is 5.11 Å². The number of alkyl halides is 3. The summed E-state index contributed by atoms with van der Waals surface area (Å²) in [4.78, 5) is 0. The van der Waals surface area contributed by atoms with Crippen molar-refractivity contribution in [2.24, 2.45) is 0 Å². The smallest absolute Gasteiger partial charge is 0.379 e. The molecule has 0 radical (unpaired) electrons. The topological polar surface area (TPSA) is 20.2 Å². The second kappa shape index (κ2) is 4.20. The minimum Gasteiger partial charge on any atom is -0.379 e. The maximum atomic E-state index is 12.1. The van der Waals surface area contributed by atoms with Crippen molar-refractivity contribution in [3.05, 3.63) is 32.7 Å². The van der Waals surface area contributed by atoms with E-state index in [1.165, 1.54) is 12.1 Å². The van der Waals surface area contributed by atoms with Gasteiger partial charge in [-0.3, -0.25) is 0 Å². The zero-order valence-electron chi connectivity index (χ0n) is 6.65. The molecule has 6 heteroatoms. The summed E-state index contributed by atoms with van der Waals surface area (Å²) < 4.78 is 37.3. The van der Waals surface area contributed by atoms with Crippen LogP contribution in [0.3, 0.4) is 0 Å². The quantitative estimate of drug-likeness (QED) is 0.828. The van der Waals surface area contributed by atoms with Gasteiger partial charge in [0.1, 0.15) is 0 Å². The normalized spacial score (nSPS) is 14.1. The first kappa shape index (κ1) is 12.0. The Morgan fingerprint density at radius 1 is 1.07 bits per heavy atom. The van der Waals surface area contributed by atoms with Gasteiger partial charge in [0.25, 0.3) is 0 Å². The highest BCUT2D eigenvalue weighted by atomic mass is 79.9. The van der Waals surface area contributed by atoms with Crippen LogP contribution >= 0.6 is 31.9 Å². The average molecular weight is 334 g/mol. The maximum absolute atomic E-state index is 12.1. The molecule has 1 nitrogen and oxygen atoms in total. The third-order valence-corrected chi connectivity index (χ3v) is 2.43. The van der Waals surface area contributed by atoms with E-state index in [0.717, 1.165) is 0 Å². The molecule has 1 N–H and O–H groups in total. The van der Waals surface area contributed by atoms with Gasteiger partial charge in [0.2, 0.25) is 0 Å². The van der Waals surface area contributed by atoms with Crippen molar-refractivity contribution in [1.29, 1.82) is 0 Å². The molecule has 0 aromatic heterocycles. The summed E-state index contributed by atoms with van der Waals surface area (Å²) in [5.74, 6) is 0. The fourth-order valence-corrected chi connectivity index (χ4v) is 2.25. The summed E-state index contributed by atoms with van der Waals surface area (Å²) in [6, 6.07) is 4.04. The molecule has 1 atom stereocenters. The van der Waals surface area contributed by atoms with Crippen molar-refractivity contribution in [3.63, 3.8) is 0 Å². The third kappa shape index (κ3) is 2.96. The van der Waals surface area contributed by atoms with Gasteiger partial charge >= 0.3 is 6.18 Å². The molecule has 0 spiro atoms. The van der Waals surface area contributed by atoms with E-state index in [9.17, 15) is 13.2 Å². The monoisotopic (exact) mass is 332 g/mol. The molecule has 0 aliphatic heterocycles. The Morgan fingerprint density at radius 2 is 1.50 bits per heavy atom. The van der Waals surface area contributed by atoms with E-state index in [0.29, 0.717) is 8.95 Å². The van der Waals surface area contributed by atoms with Crippen LogP contribution in [0, 0.1) is 0 Å². The number of hydrogen-bond donors (Lipinski definition) is 1. The van der Waals surface area contributed by atoms with Crippen LogP contribution in [0.15, 0.2) is 27.1 Å². The van der Waals surface area contributed by atoms with E-state index in [2.05, 4.69) is 31.9 Å². The molecule has 0 saturated heterocycles. The highest BCUT2D eigenvalue weighted by molar-refractivity contribution is 9.11. The third-order valence-electron chi connectivity index (χ3n) is 1.51. The standard InChI is InChI=1S/C8H5Br2F3O/c9-5-1-4(2-6(10)3-5)7(14)8(11,12)13/h1-3,7,14H/t7-/m1/s1. The SMILES string of the molecule is O[C@H](c1cc(Br)cc(Br)c1)C(F)(F)F. The van der Waals surface area contributed by atoms with Crippen molar-refractivity contribution >= 4 is 31.9 Å². The molecular weight excluding hydrogens is 329 g/mol. The van der Waals surface area contributed by atoms with Gasteiger partial charge < -0.3 is 5.11 Å². The lowest BCUT2D eigenvalue weighted by Crippen LogP contribution is -2.20. The van der Waals surface area contributed by atoms with Crippen molar-refractivity contribution < 1.29 is 18.3 Å². The highest BCUT2D eigenvalue weighted by Gasteiger charge is 2.39. The fourth-order valence-electron chi connectivity index (χ4n) is 0.922. The van der Waals surface area contributed by atoms with Crippen molar-refractivity contribution in [3.8, 4) is 0 Å². The lowest BCUT2D eigenvalue weighted by atomic mass is 10.1. The Balaban J connectivity index is 3.07. The van der Waals surface area contributed by atoms with Gasteiger partial charge in [-0.2, -0.15) is 13.2 Å². The van der Waals surface area contributed by atoms with Crippen LogP contribution < -0.4 is 0 Å². The van der Waals surface area contributed by atoms with Gasteiger partial charge in [0.15, 0.2) is 6.10 Å². The molecule has 0 aliphatic rings. The van der Waals surface area contributed by atoms with E-state index >= 15 is 0 Å². The molecule has 0 aliphatic carbocycles. The van der Waals surface area contributed by atoms with Crippen molar-refractivity contribution in [1.82, 2.24) is 0 Å². The Labute approximate surface area is 95.2 Å². The van der Waals surface area contributed by atoms with Crippen molar-refractivity contribution in [2.75, 3.05) is 0 Å². The molecule has 1 aromatic rings. The van der Waals surface area contributed by atoms with Crippen molar-refractivity contribution in [2.45, 2.75) is 12.3 Å². The first-order valence-corrected chi connectivity index (χ1v) is 5.10. The Bertz CT molecular complexity index is 318. The summed E-state index contributed by atoms with van der Waals surface area (Å²) >= 11 is 6.08. The lowest BCUT2D eigenvalue weighted by molar-refractivity contribution is -0.206. The number of halogens is 5. The lowest BCUT2D eigenvalue weighted by Gasteiger charge is -2.15. The second-order valence-electron chi connectivity index (χ2n) is 2.65. The predicted molar refractivity (Wildman–Crippen MR) is 52.9 cm³/mol. The van der Waals surface area contributed by atoms with E-state index in [-0.39, 0.29) is 5.56 Å². The Kier molecular flexibility index (Phi) is 3.60. The maximum Gasteiger partial charge on any atom is 0.418 e. The zero-order chi connectivity index (χ0) is 10.9. The van der Waals surface area contributed by atoms with E-state index < -0.39 is 12.3 Å². The number of hydrogen-bond acceptors (Lipinski definition) is 1. The average Bonchev–Trinajstić information content (AvgIpc) is 1.99. The minimum absolute atomic E-state index is 0.196. The summed E-state index contributed by atoms with van der Waals surface area (Å²) in [7, 11) is 0. The number of aliphatic hydroxyl groups excluding tert-OH is 1. The van der Waals surface area contributed by atoms with Gasteiger partial charge in [-0.1, -0.05) is 31.9 Å². The molecule has 0 amide bonds. The molecule has 1 aromatic carbocycles. The molecule has 78 valence electrons. The van der Waals surface area contributed by atoms with Gasteiger partial charge in [-0.25, -0.2) is 0 Å². The molecular formula is C8H5Br2F3O. The molecule has 0 fully saturated rings. The molecule has 0 saturated carbocycles. The first-order valence-electron chi connectivity index (χ1n) is 3.51. The van der Waals surface area contributed by atoms with E-state index in [1.807, 2.05) is 0 Å². The molecule has 0 unspecified atom stereocenters. The minimum atomic E-state index is -4.64. The Morgan fingerprint density at radius 3 is 1.86 bits per heavy atom. The summed E-state index contributed by atoms with van der Waals surface area (Å²) in [5.41, 5.74) is -0.196. The zero-order valence-corrected chi connectivity index (χ0v) is 9.82. The van der Waals surface area contributed by atoms with Crippen LogP contribution in [-0.4, -0.2) is 11.3 Å². The van der Waals surface area contributed by atoms with Gasteiger partial charge in [0, 0.05) is 8.95 Å². The second-order valence-corrected chi connectivity index (χ2v) is 4.48. The van der Waals surface area contributed by atoms with Gasteiger partial charge in [-0.05, 0) is 23.8 Å². The van der Waals surface area contributed by atoms with Crippen LogP contribution in [0.4, 0.5) is 13.2 Å². The number of aliphatic hydroxyl groups is 1. The number of benzene rings is 1. The fraction of sp³-hybridized carbons (Fsp3) is 0.250. The largest absolute Gasteiger partial charge is 0.418 e. The van der Waals surface area contributed by atoms with Crippen LogP contribution in [0.2, 0.25) is 0 Å². The van der Waals surface area contributed by atoms with Crippen LogP contribution in [-0.2, 0) is 0 Å². The molecule has 0 heterocycles. The molecule has 0 bridgehead atoms. The first-order chi connectivity index (χ1) is 6.30. The predicted octanol–water partition coefficient (Wildman–Crippen LogP) is 3.81. The summed E-state index contributed by atoms with van der Waals surface area (Å²) in [5, 5.41) is 8.94. The Hall–Kier alpha value is -0.0700. The molecule has 1 rings (SSSR count). The van der Waals surface area contributed by atoms with Crippen LogP contribution in [0.25, 0.3) is 0 Å². The van der Waals surface area contributed by atoms with Crippen LogP contribution in [0.1, 0.15) is 11.7 Å². The summed E-state index contributed by atoms with van der Waals surface area (Å²) in [6.07, 6.45) is -7.09.